The molecule has 14 heavy (non-hydrogen) atoms. The van der Waals surface area contributed by atoms with Crippen molar-refractivity contribution in [2.75, 3.05) is 0 Å². The van der Waals surface area contributed by atoms with Gasteiger partial charge in [0.05, 0.1) is 6.42 Å². The Labute approximate surface area is 78.4 Å². The van der Waals surface area contributed by atoms with Crippen LogP contribution in [-0.4, -0.2) is 16.1 Å². The zero-order chi connectivity index (χ0) is 10.7. The van der Waals surface area contributed by atoms with E-state index < -0.39 is 30.3 Å². The van der Waals surface area contributed by atoms with Crippen LogP contribution < -0.4 is 5.73 Å². The summed E-state index contributed by atoms with van der Waals surface area (Å²) in [6, 6.07) is 1.01. The fourth-order valence-corrected chi connectivity index (χ4v) is 0.998. The number of nitrogens with zero attached hydrogens (tertiary/aromatic N) is 1. The molecule has 0 bridgehead atoms. The van der Waals surface area contributed by atoms with Crippen molar-refractivity contribution in [1.29, 1.82) is 0 Å². The predicted octanol–water partition coefficient (Wildman–Crippen LogP) is 0.834. The van der Waals surface area contributed by atoms with Crippen LogP contribution in [0.5, 0.6) is 0 Å². The van der Waals surface area contributed by atoms with Crippen molar-refractivity contribution in [3.63, 3.8) is 0 Å². The SMILES string of the molecule is N[C@H](CC(=O)O)c1ccc(F)nc1F. The van der Waals surface area contributed by atoms with Gasteiger partial charge in [0.2, 0.25) is 11.9 Å². The summed E-state index contributed by atoms with van der Waals surface area (Å²) >= 11 is 0. The van der Waals surface area contributed by atoms with Crippen LogP contribution in [-0.2, 0) is 4.79 Å². The number of carboxylic acids is 1. The van der Waals surface area contributed by atoms with E-state index in [1.54, 1.807) is 0 Å². The summed E-state index contributed by atoms with van der Waals surface area (Å²) in [6.07, 6.45) is -0.426. The van der Waals surface area contributed by atoms with Crippen LogP contribution in [0.15, 0.2) is 12.1 Å². The number of halogens is 2. The second kappa shape index (κ2) is 4.10. The molecular formula is C8H8F2N2O2. The Balaban J connectivity index is 2.90. The highest BCUT2D eigenvalue weighted by atomic mass is 19.1. The molecule has 1 atom stereocenters. The van der Waals surface area contributed by atoms with E-state index in [9.17, 15) is 13.6 Å². The van der Waals surface area contributed by atoms with Gasteiger partial charge in [-0.05, 0) is 12.1 Å². The molecule has 0 saturated heterocycles. The molecule has 0 radical (unpaired) electrons. The lowest BCUT2D eigenvalue weighted by Crippen LogP contribution is -2.17. The number of hydrogen-bond donors (Lipinski definition) is 2. The molecule has 1 heterocycles. The molecule has 1 rings (SSSR count). The maximum absolute atomic E-state index is 12.9. The minimum atomic E-state index is -1.15. The number of hydrogen-bond acceptors (Lipinski definition) is 3. The molecule has 0 spiro atoms. The Morgan fingerprint density at radius 2 is 2.21 bits per heavy atom. The summed E-state index contributed by atoms with van der Waals surface area (Å²) in [5.41, 5.74) is 5.26. The van der Waals surface area contributed by atoms with Crippen LogP contribution in [0.3, 0.4) is 0 Å². The number of carbonyl (C=O) groups is 1. The third-order valence-corrected chi connectivity index (χ3v) is 1.64. The summed E-state index contributed by atoms with van der Waals surface area (Å²) < 4.78 is 25.3. The Morgan fingerprint density at radius 1 is 1.57 bits per heavy atom. The molecular weight excluding hydrogens is 194 g/mol. The smallest absolute Gasteiger partial charge is 0.305 e. The number of carboxylic acid groups (broad SMARTS) is 1. The van der Waals surface area contributed by atoms with E-state index in [0.29, 0.717) is 0 Å². The Bertz CT molecular complexity index is 357. The summed E-state index contributed by atoms with van der Waals surface area (Å²) in [7, 11) is 0. The highest BCUT2D eigenvalue weighted by Gasteiger charge is 2.16. The fraction of sp³-hybridized carbons (Fsp3) is 0.250. The van der Waals surface area contributed by atoms with E-state index in [-0.39, 0.29) is 5.56 Å². The van der Waals surface area contributed by atoms with Gasteiger partial charge in [0.25, 0.3) is 0 Å². The minimum absolute atomic E-state index is 0.103. The summed E-state index contributed by atoms with van der Waals surface area (Å²) in [5, 5.41) is 8.39. The van der Waals surface area contributed by atoms with Gasteiger partial charge in [-0.15, -0.1) is 0 Å². The van der Waals surface area contributed by atoms with Crippen molar-refractivity contribution in [1.82, 2.24) is 4.98 Å². The van der Waals surface area contributed by atoms with Crippen LogP contribution in [0.4, 0.5) is 8.78 Å². The van der Waals surface area contributed by atoms with Crippen molar-refractivity contribution < 1.29 is 18.7 Å². The summed E-state index contributed by atoms with van der Waals surface area (Å²) in [5.74, 6) is -3.19. The van der Waals surface area contributed by atoms with Gasteiger partial charge in [-0.3, -0.25) is 4.79 Å². The highest BCUT2D eigenvalue weighted by Crippen LogP contribution is 2.16. The van der Waals surface area contributed by atoms with Gasteiger partial charge in [-0.1, -0.05) is 0 Å². The van der Waals surface area contributed by atoms with E-state index in [1.165, 1.54) is 0 Å². The predicted molar refractivity (Wildman–Crippen MR) is 43.3 cm³/mol. The molecule has 1 aromatic rings. The third kappa shape index (κ3) is 2.46. The van der Waals surface area contributed by atoms with Gasteiger partial charge in [-0.25, -0.2) is 0 Å². The van der Waals surface area contributed by atoms with Gasteiger partial charge in [0.1, 0.15) is 0 Å². The van der Waals surface area contributed by atoms with Crippen molar-refractivity contribution in [2.24, 2.45) is 5.73 Å². The van der Waals surface area contributed by atoms with E-state index >= 15 is 0 Å². The summed E-state index contributed by atoms with van der Waals surface area (Å²) in [6.45, 7) is 0. The number of aliphatic carboxylic acids is 1. The van der Waals surface area contributed by atoms with Crippen molar-refractivity contribution in [3.8, 4) is 0 Å². The average molecular weight is 202 g/mol. The lowest BCUT2D eigenvalue weighted by Gasteiger charge is -2.08. The Morgan fingerprint density at radius 3 is 2.71 bits per heavy atom. The highest BCUT2D eigenvalue weighted by molar-refractivity contribution is 5.67. The molecule has 0 saturated carbocycles. The zero-order valence-electron chi connectivity index (χ0n) is 7.08. The standard InChI is InChI=1S/C8H8F2N2O2/c9-6-2-1-4(8(10)12-6)5(11)3-7(13)14/h1-2,5H,3,11H2,(H,13,14)/t5-/m1/s1. The molecule has 0 aliphatic heterocycles. The molecule has 1 aromatic heterocycles. The topological polar surface area (TPSA) is 76.2 Å². The van der Waals surface area contributed by atoms with Gasteiger partial charge >= 0.3 is 5.97 Å². The van der Waals surface area contributed by atoms with Crippen molar-refractivity contribution in [2.45, 2.75) is 12.5 Å². The molecule has 3 N–H and O–H groups in total. The maximum atomic E-state index is 12.9. The second-order valence-electron chi connectivity index (χ2n) is 2.72. The molecule has 0 fully saturated rings. The maximum Gasteiger partial charge on any atom is 0.305 e. The second-order valence-corrected chi connectivity index (χ2v) is 2.72. The monoisotopic (exact) mass is 202 g/mol. The molecule has 6 heteroatoms. The quantitative estimate of drug-likeness (QED) is 0.712. The zero-order valence-corrected chi connectivity index (χ0v) is 7.08. The Hall–Kier alpha value is -1.56. The van der Waals surface area contributed by atoms with E-state index in [2.05, 4.69) is 4.98 Å². The lowest BCUT2D eigenvalue weighted by atomic mass is 10.1. The Kier molecular flexibility index (Phi) is 3.08. The van der Waals surface area contributed by atoms with Gasteiger partial charge in [-0.2, -0.15) is 13.8 Å². The van der Waals surface area contributed by atoms with Crippen LogP contribution in [0.1, 0.15) is 18.0 Å². The molecule has 0 aliphatic carbocycles. The van der Waals surface area contributed by atoms with E-state index in [0.717, 1.165) is 12.1 Å². The van der Waals surface area contributed by atoms with Crippen LogP contribution in [0.25, 0.3) is 0 Å². The van der Waals surface area contributed by atoms with Gasteiger partial charge in [0, 0.05) is 11.6 Å². The molecule has 0 unspecified atom stereocenters. The van der Waals surface area contributed by atoms with Crippen LogP contribution in [0, 0.1) is 11.9 Å². The molecule has 76 valence electrons. The van der Waals surface area contributed by atoms with Gasteiger partial charge < -0.3 is 10.8 Å². The molecule has 4 nitrogen and oxygen atoms in total. The largest absolute Gasteiger partial charge is 0.481 e. The van der Waals surface area contributed by atoms with E-state index in [1.807, 2.05) is 0 Å². The summed E-state index contributed by atoms with van der Waals surface area (Å²) in [4.78, 5) is 13.2. The van der Waals surface area contributed by atoms with Crippen LogP contribution in [0.2, 0.25) is 0 Å². The third-order valence-electron chi connectivity index (χ3n) is 1.64. The molecule has 0 amide bonds. The number of nitrogens with two attached hydrogens (primary N) is 1. The number of aromatic nitrogens is 1. The van der Waals surface area contributed by atoms with Crippen molar-refractivity contribution in [3.05, 3.63) is 29.6 Å². The lowest BCUT2D eigenvalue weighted by molar-refractivity contribution is -0.137. The normalized spacial score (nSPS) is 12.5. The molecule has 0 aromatic carbocycles. The van der Waals surface area contributed by atoms with Gasteiger partial charge in [0.15, 0.2) is 0 Å². The van der Waals surface area contributed by atoms with Crippen LogP contribution >= 0.6 is 0 Å². The molecule has 0 aliphatic rings. The number of rotatable bonds is 3. The number of pyridine rings is 1. The average Bonchev–Trinajstić information content (AvgIpc) is 2.01. The first kappa shape index (κ1) is 10.5. The first-order valence-corrected chi connectivity index (χ1v) is 3.80. The van der Waals surface area contributed by atoms with E-state index in [4.69, 9.17) is 10.8 Å². The first-order valence-electron chi connectivity index (χ1n) is 3.80. The van der Waals surface area contributed by atoms with Crippen molar-refractivity contribution >= 4 is 5.97 Å². The first-order chi connectivity index (χ1) is 6.50. The minimum Gasteiger partial charge on any atom is -0.481 e. The fourth-order valence-electron chi connectivity index (χ4n) is 0.998.